The Hall–Kier alpha value is -1.88. The minimum absolute atomic E-state index is 0.156. The van der Waals surface area contributed by atoms with Gasteiger partial charge in [-0.3, -0.25) is 4.79 Å². The summed E-state index contributed by atoms with van der Waals surface area (Å²) in [6.45, 7) is 7.48. The second kappa shape index (κ2) is 6.71. The normalized spacial score (nSPS) is 13.8. The van der Waals surface area contributed by atoms with Crippen LogP contribution in [0.2, 0.25) is 0 Å². The number of ether oxygens (including phenoxy) is 1. The average Bonchev–Trinajstić information content (AvgIpc) is 2.96. The predicted octanol–water partition coefficient (Wildman–Crippen LogP) is 3.93. The minimum Gasteiger partial charge on any atom is -0.490 e. The van der Waals surface area contributed by atoms with E-state index >= 15 is 0 Å². The third-order valence-corrected chi connectivity index (χ3v) is 5.22. The van der Waals surface area contributed by atoms with Crippen molar-refractivity contribution < 1.29 is 9.53 Å². The summed E-state index contributed by atoms with van der Waals surface area (Å²) in [6, 6.07) is 6.16. The van der Waals surface area contributed by atoms with Crippen LogP contribution >= 0.6 is 11.3 Å². The molecular weight excluding hydrogens is 308 g/mol. The van der Waals surface area contributed by atoms with Gasteiger partial charge in [0.15, 0.2) is 0 Å². The van der Waals surface area contributed by atoms with E-state index in [4.69, 9.17) is 4.74 Å². The second-order valence-electron chi connectivity index (χ2n) is 6.14. The first-order valence-corrected chi connectivity index (χ1v) is 8.90. The molecule has 0 fully saturated rings. The molecule has 5 heteroatoms. The van der Waals surface area contributed by atoms with Crippen LogP contribution in [0, 0.1) is 6.92 Å². The number of thiazole rings is 1. The molecule has 0 radical (unpaired) electrons. The number of carbonyl (C=O) groups excluding carboxylic acids is 1. The van der Waals surface area contributed by atoms with Gasteiger partial charge in [0.1, 0.15) is 12.4 Å². The molecule has 2 aromatic rings. The molecule has 0 N–H and O–H groups in total. The van der Waals surface area contributed by atoms with Crippen molar-refractivity contribution in [3.63, 3.8) is 0 Å². The third kappa shape index (κ3) is 3.39. The molecule has 0 bridgehead atoms. The van der Waals surface area contributed by atoms with Crippen LogP contribution in [0.15, 0.2) is 23.7 Å². The van der Waals surface area contributed by atoms with E-state index in [1.165, 1.54) is 10.4 Å². The number of fused-ring (bicyclic) bond motifs is 1. The number of aryl methyl sites for hydroxylation is 2. The molecule has 1 aromatic heterocycles. The summed E-state index contributed by atoms with van der Waals surface area (Å²) >= 11 is 1.62. The smallest absolute Gasteiger partial charge is 0.227 e. The fourth-order valence-corrected chi connectivity index (χ4v) is 3.56. The average molecular weight is 330 g/mol. The van der Waals surface area contributed by atoms with Crippen LogP contribution in [0.1, 0.15) is 42.3 Å². The van der Waals surface area contributed by atoms with Crippen molar-refractivity contribution >= 4 is 22.9 Å². The van der Waals surface area contributed by atoms with Crippen LogP contribution in [0.3, 0.4) is 0 Å². The van der Waals surface area contributed by atoms with Gasteiger partial charge in [0.2, 0.25) is 5.91 Å². The number of amides is 1. The number of hydrogen-bond acceptors (Lipinski definition) is 4. The van der Waals surface area contributed by atoms with E-state index in [9.17, 15) is 4.79 Å². The maximum Gasteiger partial charge on any atom is 0.227 e. The van der Waals surface area contributed by atoms with Gasteiger partial charge in [-0.05, 0) is 37.0 Å². The first-order valence-electron chi connectivity index (χ1n) is 8.02. The first-order chi connectivity index (χ1) is 11.1. The summed E-state index contributed by atoms with van der Waals surface area (Å²) in [4.78, 5) is 20.0. The van der Waals surface area contributed by atoms with Gasteiger partial charge in [-0.15, -0.1) is 11.3 Å². The fourth-order valence-electron chi connectivity index (χ4n) is 2.77. The Labute approximate surface area is 141 Å². The van der Waals surface area contributed by atoms with Crippen molar-refractivity contribution in [1.29, 1.82) is 0 Å². The van der Waals surface area contributed by atoms with Gasteiger partial charge in [0.25, 0.3) is 0 Å². The van der Waals surface area contributed by atoms with Crippen molar-refractivity contribution in [3.05, 3.63) is 39.8 Å². The number of hydrogen-bond donors (Lipinski definition) is 0. The van der Waals surface area contributed by atoms with Crippen molar-refractivity contribution in [2.75, 3.05) is 18.1 Å². The molecule has 1 aliphatic rings. The van der Waals surface area contributed by atoms with Crippen LogP contribution in [0.4, 0.5) is 5.69 Å². The van der Waals surface area contributed by atoms with Crippen LogP contribution < -0.4 is 9.64 Å². The third-order valence-electron chi connectivity index (χ3n) is 4.22. The molecule has 1 aliphatic heterocycles. The van der Waals surface area contributed by atoms with E-state index in [2.05, 4.69) is 31.0 Å². The highest BCUT2D eigenvalue weighted by atomic mass is 32.1. The van der Waals surface area contributed by atoms with Gasteiger partial charge in [-0.25, -0.2) is 4.98 Å². The molecule has 122 valence electrons. The second-order valence-corrected chi connectivity index (χ2v) is 7.08. The Bertz CT molecular complexity index is 709. The highest BCUT2D eigenvalue weighted by molar-refractivity contribution is 7.09. The Morgan fingerprint density at radius 2 is 2.26 bits per heavy atom. The van der Waals surface area contributed by atoms with Crippen LogP contribution in [-0.4, -0.2) is 24.0 Å². The molecule has 0 unspecified atom stereocenters. The van der Waals surface area contributed by atoms with E-state index in [-0.39, 0.29) is 5.91 Å². The molecule has 0 saturated carbocycles. The standard InChI is InChI=1S/C18H22N2O2S/c1-12(2)14-4-5-16-15(10-14)20(8-9-22-16)18(21)7-6-17-13(3)19-11-23-17/h4-5,10-12H,6-9H2,1-3H3. The number of nitrogens with zero attached hydrogens (tertiary/aromatic N) is 2. The van der Waals surface area contributed by atoms with Crippen molar-refractivity contribution in [2.45, 2.75) is 39.5 Å². The van der Waals surface area contributed by atoms with E-state index < -0.39 is 0 Å². The first kappa shape index (κ1) is 16.0. The molecule has 0 saturated heterocycles. The number of benzene rings is 1. The van der Waals surface area contributed by atoms with Crippen molar-refractivity contribution in [2.24, 2.45) is 0 Å². The zero-order valence-electron chi connectivity index (χ0n) is 13.8. The zero-order valence-corrected chi connectivity index (χ0v) is 14.7. The number of aromatic nitrogens is 1. The lowest BCUT2D eigenvalue weighted by Crippen LogP contribution is -2.38. The lowest BCUT2D eigenvalue weighted by Gasteiger charge is -2.30. The summed E-state index contributed by atoms with van der Waals surface area (Å²) in [5.41, 5.74) is 5.01. The Kier molecular flexibility index (Phi) is 4.66. The van der Waals surface area contributed by atoms with Crippen molar-refractivity contribution in [3.8, 4) is 5.75 Å². The maximum absolute atomic E-state index is 12.7. The summed E-state index contributed by atoms with van der Waals surface area (Å²) in [6.07, 6.45) is 1.26. The Balaban J connectivity index is 1.77. The van der Waals surface area contributed by atoms with Gasteiger partial charge >= 0.3 is 0 Å². The molecule has 1 amide bonds. The van der Waals surface area contributed by atoms with Gasteiger partial charge in [0.05, 0.1) is 23.4 Å². The van der Waals surface area contributed by atoms with E-state index in [1.54, 1.807) is 11.3 Å². The predicted molar refractivity (Wildman–Crippen MR) is 93.6 cm³/mol. The molecule has 1 aromatic carbocycles. The molecule has 0 aliphatic carbocycles. The van der Waals surface area contributed by atoms with Gasteiger partial charge < -0.3 is 9.64 Å². The lowest BCUT2D eigenvalue weighted by molar-refractivity contribution is -0.118. The Morgan fingerprint density at radius 3 is 2.96 bits per heavy atom. The van der Waals surface area contributed by atoms with Crippen LogP contribution in [0.5, 0.6) is 5.75 Å². The summed E-state index contributed by atoms with van der Waals surface area (Å²) in [5.74, 6) is 1.39. The van der Waals surface area contributed by atoms with E-state index in [1.807, 2.05) is 23.4 Å². The highest BCUT2D eigenvalue weighted by Gasteiger charge is 2.24. The summed E-state index contributed by atoms with van der Waals surface area (Å²) in [7, 11) is 0. The monoisotopic (exact) mass is 330 g/mol. The number of anilines is 1. The molecule has 4 nitrogen and oxygen atoms in total. The summed E-state index contributed by atoms with van der Waals surface area (Å²) in [5, 5.41) is 0. The summed E-state index contributed by atoms with van der Waals surface area (Å²) < 4.78 is 5.71. The number of rotatable bonds is 4. The van der Waals surface area contributed by atoms with E-state index in [0.717, 1.165) is 23.6 Å². The van der Waals surface area contributed by atoms with Gasteiger partial charge in [0, 0.05) is 11.3 Å². The molecule has 2 heterocycles. The molecule has 3 rings (SSSR count). The zero-order chi connectivity index (χ0) is 16.4. The Morgan fingerprint density at radius 1 is 1.43 bits per heavy atom. The van der Waals surface area contributed by atoms with Crippen LogP contribution in [0.25, 0.3) is 0 Å². The molecule has 0 spiro atoms. The largest absolute Gasteiger partial charge is 0.490 e. The van der Waals surface area contributed by atoms with Gasteiger partial charge in [-0.1, -0.05) is 19.9 Å². The lowest BCUT2D eigenvalue weighted by atomic mass is 10.0. The minimum atomic E-state index is 0.156. The molecule has 0 atom stereocenters. The molecule has 23 heavy (non-hydrogen) atoms. The van der Waals surface area contributed by atoms with Crippen molar-refractivity contribution in [1.82, 2.24) is 4.98 Å². The SMILES string of the molecule is Cc1ncsc1CCC(=O)N1CCOc2ccc(C(C)C)cc21. The quantitative estimate of drug-likeness (QED) is 0.853. The van der Waals surface area contributed by atoms with E-state index in [0.29, 0.717) is 25.5 Å². The number of carbonyl (C=O) groups is 1. The highest BCUT2D eigenvalue weighted by Crippen LogP contribution is 2.35. The molecular formula is C18H22N2O2S. The topological polar surface area (TPSA) is 42.4 Å². The van der Waals surface area contributed by atoms with Crippen LogP contribution in [-0.2, 0) is 11.2 Å². The maximum atomic E-state index is 12.7. The van der Waals surface area contributed by atoms with Gasteiger partial charge in [-0.2, -0.15) is 0 Å². The fraction of sp³-hybridized carbons (Fsp3) is 0.444.